The molecule has 2 amide bonds. The zero-order chi connectivity index (χ0) is 15.1. The van der Waals surface area contributed by atoms with E-state index in [1.807, 2.05) is 17.9 Å². The Morgan fingerprint density at radius 3 is 3.05 bits per heavy atom. The Hall–Kier alpha value is -1.36. The van der Waals surface area contributed by atoms with Crippen molar-refractivity contribution in [1.82, 2.24) is 10.2 Å². The number of thiophene rings is 1. The van der Waals surface area contributed by atoms with Crippen molar-refractivity contribution >= 4 is 23.2 Å². The first-order valence-electron chi connectivity index (χ1n) is 7.74. The molecule has 1 N–H and O–H groups in total. The molecule has 1 aliphatic rings. The summed E-state index contributed by atoms with van der Waals surface area (Å²) in [6.07, 6.45) is 4.91. The van der Waals surface area contributed by atoms with E-state index in [0.717, 1.165) is 32.2 Å². The minimum Gasteiger partial charge on any atom is -0.353 e. The number of rotatable bonds is 7. The number of nitrogens with one attached hydrogen (secondary N) is 1. The van der Waals surface area contributed by atoms with Crippen LogP contribution in [0.1, 0.15) is 43.9 Å². The Bertz CT molecular complexity index is 459. The van der Waals surface area contributed by atoms with Gasteiger partial charge in [0, 0.05) is 43.3 Å². The lowest BCUT2D eigenvalue weighted by atomic mass is 10.1. The minimum absolute atomic E-state index is 0.0866. The lowest BCUT2D eigenvalue weighted by Gasteiger charge is -2.26. The third kappa shape index (κ3) is 5.50. The van der Waals surface area contributed by atoms with E-state index < -0.39 is 0 Å². The molecule has 0 spiro atoms. The van der Waals surface area contributed by atoms with Crippen LogP contribution in [-0.2, 0) is 16.0 Å². The molecule has 1 unspecified atom stereocenters. The van der Waals surface area contributed by atoms with Gasteiger partial charge in [-0.1, -0.05) is 6.07 Å². The van der Waals surface area contributed by atoms with Crippen molar-refractivity contribution in [3.8, 4) is 0 Å². The molecule has 5 heteroatoms. The first-order chi connectivity index (χ1) is 10.1. The Kier molecular flexibility index (Phi) is 6.23. The van der Waals surface area contributed by atoms with Crippen molar-refractivity contribution in [2.75, 3.05) is 13.1 Å². The standard InChI is InChI=1S/C16H24N2O2S/c1-13(12-14-6-5-11-21-14)17-15(19)7-4-10-18-9-3-2-8-16(18)20/h5-6,11,13H,2-4,7-10,12H2,1H3,(H,17,19). The maximum Gasteiger partial charge on any atom is 0.222 e. The van der Waals surface area contributed by atoms with Gasteiger partial charge in [-0.25, -0.2) is 0 Å². The summed E-state index contributed by atoms with van der Waals surface area (Å²) in [5, 5.41) is 5.09. The fraction of sp³-hybridized carbons (Fsp3) is 0.625. The summed E-state index contributed by atoms with van der Waals surface area (Å²) < 4.78 is 0. The Morgan fingerprint density at radius 1 is 1.48 bits per heavy atom. The molecule has 4 nitrogen and oxygen atoms in total. The number of amides is 2. The second-order valence-corrected chi connectivity index (χ2v) is 6.73. The maximum atomic E-state index is 11.9. The van der Waals surface area contributed by atoms with E-state index in [-0.39, 0.29) is 17.9 Å². The largest absolute Gasteiger partial charge is 0.353 e. The highest BCUT2D eigenvalue weighted by Crippen LogP contribution is 2.12. The summed E-state index contributed by atoms with van der Waals surface area (Å²) in [7, 11) is 0. The van der Waals surface area contributed by atoms with Crippen molar-refractivity contribution in [3.05, 3.63) is 22.4 Å². The molecule has 2 rings (SSSR count). The van der Waals surface area contributed by atoms with E-state index in [0.29, 0.717) is 19.4 Å². The van der Waals surface area contributed by atoms with E-state index in [4.69, 9.17) is 0 Å². The van der Waals surface area contributed by atoms with E-state index in [2.05, 4.69) is 16.8 Å². The van der Waals surface area contributed by atoms with Gasteiger partial charge in [-0.15, -0.1) is 11.3 Å². The molecule has 0 bridgehead atoms. The van der Waals surface area contributed by atoms with Crippen LogP contribution in [0.3, 0.4) is 0 Å². The first-order valence-corrected chi connectivity index (χ1v) is 8.62. The van der Waals surface area contributed by atoms with Crippen LogP contribution < -0.4 is 5.32 Å². The second-order valence-electron chi connectivity index (χ2n) is 5.69. The molecule has 1 saturated heterocycles. The number of piperidine rings is 1. The van der Waals surface area contributed by atoms with Crippen LogP contribution in [-0.4, -0.2) is 35.8 Å². The third-order valence-electron chi connectivity index (χ3n) is 3.75. The van der Waals surface area contributed by atoms with Gasteiger partial charge in [0.25, 0.3) is 0 Å². The molecule has 1 aromatic heterocycles. The van der Waals surface area contributed by atoms with Crippen LogP contribution in [0, 0.1) is 0 Å². The van der Waals surface area contributed by atoms with Gasteiger partial charge in [0.1, 0.15) is 0 Å². The molecule has 21 heavy (non-hydrogen) atoms. The molecule has 1 aromatic rings. The summed E-state index contributed by atoms with van der Waals surface area (Å²) in [4.78, 5) is 26.7. The van der Waals surface area contributed by atoms with E-state index in [1.165, 1.54) is 4.88 Å². The predicted octanol–water partition coefficient (Wildman–Crippen LogP) is 2.59. The van der Waals surface area contributed by atoms with Crippen LogP contribution >= 0.6 is 11.3 Å². The van der Waals surface area contributed by atoms with E-state index >= 15 is 0 Å². The lowest BCUT2D eigenvalue weighted by Crippen LogP contribution is -2.37. The maximum absolute atomic E-state index is 11.9. The van der Waals surface area contributed by atoms with E-state index in [1.54, 1.807) is 11.3 Å². The number of hydrogen-bond donors (Lipinski definition) is 1. The highest BCUT2D eigenvalue weighted by molar-refractivity contribution is 7.09. The van der Waals surface area contributed by atoms with Gasteiger partial charge in [-0.05, 0) is 37.6 Å². The molecule has 1 aliphatic heterocycles. The smallest absolute Gasteiger partial charge is 0.222 e. The van der Waals surface area contributed by atoms with Crippen LogP contribution in [0.4, 0.5) is 0 Å². The fourth-order valence-electron chi connectivity index (χ4n) is 2.66. The molecule has 2 heterocycles. The molecule has 1 fully saturated rings. The summed E-state index contributed by atoms with van der Waals surface area (Å²) in [6.45, 7) is 3.60. The second kappa shape index (κ2) is 8.17. The molecule has 116 valence electrons. The van der Waals surface area contributed by atoms with Crippen LogP contribution in [0.5, 0.6) is 0 Å². The summed E-state index contributed by atoms with van der Waals surface area (Å²) >= 11 is 1.72. The molecular weight excluding hydrogens is 284 g/mol. The third-order valence-corrected chi connectivity index (χ3v) is 4.65. The van der Waals surface area contributed by atoms with Crippen molar-refractivity contribution < 1.29 is 9.59 Å². The average Bonchev–Trinajstić information content (AvgIpc) is 2.93. The van der Waals surface area contributed by atoms with Crippen molar-refractivity contribution in [3.63, 3.8) is 0 Å². The Morgan fingerprint density at radius 2 is 2.33 bits per heavy atom. The lowest BCUT2D eigenvalue weighted by molar-refractivity contribution is -0.133. The molecular formula is C16H24N2O2S. The summed E-state index contributed by atoms with van der Waals surface area (Å²) in [6, 6.07) is 4.28. The Labute approximate surface area is 130 Å². The fourth-order valence-corrected chi connectivity index (χ4v) is 3.49. The van der Waals surface area contributed by atoms with Gasteiger partial charge >= 0.3 is 0 Å². The van der Waals surface area contributed by atoms with Gasteiger partial charge in [0.2, 0.25) is 11.8 Å². The zero-order valence-electron chi connectivity index (χ0n) is 12.6. The van der Waals surface area contributed by atoms with Gasteiger partial charge in [0.05, 0.1) is 0 Å². The topological polar surface area (TPSA) is 49.4 Å². The number of hydrogen-bond acceptors (Lipinski definition) is 3. The molecule has 0 radical (unpaired) electrons. The molecule has 0 aliphatic carbocycles. The number of nitrogens with zero attached hydrogens (tertiary/aromatic N) is 1. The zero-order valence-corrected chi connectivity index (χ0v) is 13.5. The number of likely N-dealkylation sites (tertiary alicyclic amines) is 1. The monoisotopic (exact) mass is 308 g/mol. The van der Waals surface area contributed by atoms with Gasteiger partial charge in [-0.2, -0.15) is 0 Å². The van der Waals surface area contributed by atoms with Gasteiger partial charge in [0.15, 0.2) is 0 Å². The van der Waals surface area contributed by atoms with Crippen molar-refractivity contribution in [1.29, 1.82) is 0 Å². The van der Waals surface area contributed by atoms with Gasteiger partial charge < -0.3 is 10.2 Å². The number of carbonyl (C=O) groups is 2. The van der Waals surface area contributed by atoms with Gasteiger partial charge in [-0.3, -0.25) is 9.59 Å². The summed E-state index contributed by atoms with van der Waals surface area (Å²) in [5.74, 6) is 0.330. The molecule has 0 saturated carbocycles. The van der Waals surface area contributed by atoms with Crippen LogP contribution in [0.25, 0.3) is 0 Å². The number of carbonyl (C=O) groups excluding carboxylic acids is 2. The normalized spacial score (nSPS) is 16.8. The quantitative estimate of drug-likeness (QED) is 0.841. The highest BCUT2D eigenvalue weighted by atomic mass is 32.1. The van der Waals surface area contributed by atoms with Crippen LogP contribution in [0.15, 0.2) is 17.5 Å². The molecule has 1 atom stereocenters. The van der Waals surface area contributed by atoms with Crippen molar-refractivity contribution in [2.45, 2.75) is 51.5 Å². The van der Waals surface area contributed by atoms with Crippen LogP contribution in [0.2, 0.25) is 0 Å². The minimum atomic E-state index is 0.0866. The Balaban J connectivity index is 1.61. The highest BCUT2D eigenvalue weighted by Gasteiger charge is 2.17. The predicted molar refractivity (Wildman–Crippen MR) is 85.3 cm³/mol. The SMILES string of the molecule is CC(Cc1cccs1)NC(=O)CCCN1CCCCC1=O. The average molecular weight is 308 g/mol. The van der Waals surface area contributed by atoms with E-state index in [9.17, 15) is 9.59 Å². The first kappa shape index (κ1) is 16.0. The van der Waals surface area contributed by atoms with Crippen molar-refractivity contribution in [2.24, 2.45) is 0 Å². The molecule has 0 aromatic carbocycles. The summed E-state index contributed by atoms with van der Waals surface area (Å²) in [5.41, 5.74) is 0.